The zero-order valence-electron chi connectivity index (χ0n) is 24.3. The molecule has 1 aliphatic rings. The van der Waals surface area contributed by atoms with Gasteiger partial charge in [0, 0.05) is 0 Å². The maximum Gasteiger partial charge on any atom is 0.308 e. The number of esters is 2. The van der Waals surface area contributed by atoms with Gasteiger partial charge in [0.15, 0.2) is 0 Å². The maximum absolute atomic E-state index is 12.4. The second-order valence-electron chi connectivity index (χ2n) is 11.7. The summed E-state index contributed by atoms with van der Waals surface area (Å²) in [5, 5.41) is 0. The van der Waals surface area contributed by atoms with Crippen LogP contribution in [0.5, 0.6) is 0 Å². The van der Waals surface area contributed by atoms with Crippen LogP contribution in [0.4, 0.5) is 0 Å². The number of carbonyl (C=O) groups is 2. The molecule has 0 heterocycles. The number of ether oxygens (including phenoxy) is 2. The second-order valence-corrected chi connectivity index (χ2v) is 11.7. The summed E-state index contributed by atoms with van der Waals surface area (Å²) in [4.78, 5) is 24.8. The van der Waals surface area contributed by atoms with Gasteiger partial charge < -0.3 is 9.47 Å². The van der Waals surface area contributed by atoms with Crippen molar-refractivity contribution in [2.45, 2.75) is 162 Å². The third kappa shape index (κ3) is 18.2. The van der Waals surface area contributed by atoms with Gasteiger partial charge in [-0.3, -0.25) is 9.59 Å². The predicted molar refractivity (Wildman–Crippen MR) is 151 cm³/mol. The Hall–Kier alpha value is -1.06. The topological polar surface area (TPSA) is 52.6 Å². The summed E-state index contributed by atoms with van der Waals surface area (Å²) in [5.41, 5.74) is 0. The molecular weight excluding hydrogens is 448 g/mol. The molecule has 0 saturated heterocycles. The van der Waals surface area contributed by atoms with Crippen LogP contribution in [0.3, 0.4) is 0 Å². The monoisotopic (exact) mass is 508 g/mol. The number of hydrogen-bond donors (Lipinski definition) is 0. The molecule has 4 nitrogen and oxygen atoms in total. The van der Waals surface area contributed by atoms with Gasteiger partial charge in [-0.15, -0.1) is 0 Å². The van der Waals surface area contributed by atoms with Crippen LogP contribution in [-0.4, -0.2) is 25.2 Å². The zero-order valence-corrected chi connectivity index (χ0v) is 24.3. The van der Waals surface area contributed by atoms with E-state index < -0.39 is 0 Å². The highest BCUT2D eigenvalue weighted by Gasteiger charge is 2.31. The molecule has 0 aromatic heterocycles. The third-order valence-corrected chi connectivity index (χ3v) is 7.81. The van der Waals surface area contributed by atoms with Crippen molar-refractivity contribution in [1.29, 1.82) is 0 Å². The highest BCUT2D eigenvalue weighted by molar-refractivity contribution is 5.75. The van der Waals surface area contributed by atoms with Crippen LogP contribution in [-0.2, 0) is 19.1 Å². The van der Waals surface area contributed by atoms with Crippen LogP contribution < -0.4 is 0 Å². The highest BCUT2D eigenvalue weighted by Crippen LogP contribution is 2.30. The van der Waals surface area contributed by atoms with Crippen LogP contribution >= 0.6 is 0 Å². The van der Waals surface area contributed by atoms with Crippen molar-refractivity contribution >= 4 is 11.9 Å². The standard InChI is InChI=1S/C32H60O4/c1-4-5-6-7-8-9-10-13-16-19-26-35-31(33)29-22-24-30(25-23-29)32(34)36-27-20-17-14-11-12-15-18-21-28(2)3/h28-30H,4-27H2,1-3H3. The van der Waals surface area contributed by atoms with Gasteiger partial charge >= 0.3 is 11.9 Å². The highest BCUT2D eigenvalue weighted by atomic mass is 16.5. The molecule has 1 rings (SSSR count). The van der Waals surface area contributed by atoms with E-state index in [0.29, 0.717) is 13.2 Å². The van der Waals surface area contributed by atoms with Gasteiger partial charge in [-0.25, -0.2) is 0 Å². The van der Waals surface area contributed by atoms with Crippen LogP contribution in [0.15, 0.2) is 0 Å². The quantitative estimate of drug-likeness (QED) is 0.102. The lowest BCUT2D eigenvalue weighted by Gasteiger charge is -2.26. The largest absolute Gasteiger partial charge is 0.465 e. The summed E-state index contributed by atoms with van der Waals surface area (Å²) in [6.45, 7) is 7.94. The predicted octanol–water partition coefficient (Wildman–Crippen LogP) is 9.58. The Balaban J connectivity index is 1.94. The van der Waals surface area contributed by atoms with Crippen molar-refractivity contribution in [1.82, 2.24) is 0 Å². The molecule has 0 bridgehead atoms. The van der Waals surface area contributed by atoms with E-state index in [1.165, 1.54) is 89.9 Å². The van der Waals surface area contributed by atoms with E-state index in [-0.39, 0.29) is 23.8 Å². The summed E-state index contributed by atoms with van der Waals surface area (Å²) < 4.78 is 11.1. The van der Waals surface area contributed by atoms with Crippen molar-refractivity contribution < 1.29 is 19.1 Å². The Kier molecular flexibility index (Phi) is 21.1. The van der Waals surface area contributed by atoms with E-state index >= 15 is 0 Å². The average molecular weight is 509 g/mol. The van der Waals surface area contributed by atoms with Gasteiger partial charge in [0.05, 0.1) is 25.0 Å². The van der Waals surface area contributed by atoms with Crippen molar-refractivity contribution in [2.24, 2.45) is 17.8 Å². The van der Waals surface area contributed by atoms with Crippen molar-refractivity contribution in [3.63, 3.8) is 0 Å². The minimum atomic E-state index is -0.0548. The first-order chi connectivity index (χ1) is 17.5. The summed E-state index contributed by atoms with van der Waals surface area (Å²) >= 11 is 0. The van der Waals surface area contributed by atoms with Gasteiger partial charge in [-0.1, -0.05) is 124 Å². The molecule has 1 aliphatic carbocycles. The van der Waals surface area contributed by atoms with Gasteiger partial charge in [-0.05, 0) is 44.4 Å². The molecule has 0 N–H and O–H groups in total. The lowest BCUT2D eigenvalue weighted by molar-refractivity contribution is -0.155. The molecule has 4 heteroatoms. The Morgan fingerprint density at radius 1 is 0.556 bits per heavy atom. The summed E-state index contributed by atoms with van der Waals surface area (Å²) in [6.07, 6.45) is 25.9. The van der Waals surface area contributed by atoms with Crippen LogP contribution in [0.1, 0.15) is 162 Å². The average Bonchev–Trinajstić information content (AvgIpc) is 2.88. The molecule has 0 atom stereocenters. The lowest BCUT2D eigenvalue weighted by Crippen LogP contribution is -2.28. The Bertz CT molecular complexity index is 522. The molecule has 0 radical (unpaired) electrons. The fraction of sp³-hybridized carbons (Fsp3) is 0.938. The van der Waals surface area contributed by atoms with Crippen molar-refractivity contribution in [3.8, 4) is 0 Å². The van der Waals surface area contributed by atoms with Crippen LogP contribution in [0.2, 0.25) is 0 Å². The van der Waals surface area contributed by atoms with E-state index in [2.05, 4.69) is 20.8 Å². The summed E-state index contributed by atoms with van der Waals surface area (Å²) in [6, 6.07) is 0. The molecule has 0 amide bonds. The van der Waals surface area contributed by atoms with Gasteiger partial charge in [0.1, 0.15) is 0 Å². The molecular formula is C32H60O4. The van der Waals surface area contributed by atoms with E-state index in [1.54, 1.807) is 0 Å². The SMILES string of the molecule is CCCCCCCCCCCCOC(=O)C1CCC(C(=O)OCCCCCCCCCC(C)C)CC1. The lowest BCUT2D eigenvalue weighted by atomic mass is 9.82. The molecule has 0 aromatic carbocycles. The minimum absolute atomic E-state index is 0.0299. The minimum Gasteiger partial charge on any atom is -0.465 e. The molecule has 1 saturated carbocycles. The zero-order chi connectivity index (χ0) is 26.3. The molecule has 0 aromatic rings. The molecule has 36 heavy (non-hydrogen) atoms. The molecule has 0 spiro atoms. The molecule has 1 fully saturated rings. The Labute approximate surface area is 224 Å². The first-order valence-corrected chi connectivity index (χ1v) is 15.9. The molecule has 0 aliphatic heterocycles. The number of hydrogen-bond acceptors (Lipinski definition) is 4. The normalized spacial score (nSPS) is 17.9. The summed E-state index contributed by atoms with van der Waals surface area (Å²) in [7, 11) is 0. The number of carbonyl (C=O) groups excluding carboxylic acids is 2. The van der Waals surface area contributed by atoms with E-state index in [1.807, 2.05) is 0 Å². The van der Waals surface area contributed by atoms with Crippen LogP contribution in [0, 0.1) is 17.8 Å². The number of rotatable bonds is 23. The van der Waals surface area contributed by atoms with Crippen LogP contribution in [0.25, 0.3) is 0 Å². The van der Waals surface area contributed by atoms with E-state index in [9.17, 15) is 9.59 Å². The second kappa shape index (κ2) is 23.1. The maximum atomic E-state index is 12.4. The first-order valence-electron chi connectivity index (χ1n) is 15.9. The smallest absolute Gasteiger partial charge is 0.308 e. The third-order valence-electron chi connectivity index (χ3n) is 7.81. The fourth-order valence-electron chi connectivity index (χ4n) is 5.27. The van der Waals surface area contributed by atoms with Gasteiger partial charge in [0.2, 0.25) is 0 Å². The molecule has 212 valence electrons. The number of unbranched alkanes of at least 4 members (excludes halogenated alkanes) is 15. The first kappa shape index (κ1) is 33.0. The van der Waals surface area contributed by atoms with E-state index in [4.69, 9.17) is 9.47 Å². The van der Waals surface area contributed by atoms with Gasteiger partial charge in [-0.2, -0.15) is 0 Å². The van der Waals surface area contributed by atoms with Crippen molar-refractivity contribution in [2.75, 3.05) is 13.2 Å². The molecule has 0 unspecified atom stereocenters. The van der Waals surface area contributed by atoms with Gasteiger partial charge in [0.25, 0.3) is 0 Å². The van der Waals surface area contributed by atoms with E-state index in [0.717, 1.165) is 57.3 Å². The fourth-order valence-corrected chi connectivity index (χ4v) is 5.27. The van der Waals surface area contributed by atoms with Crippen molar-refractivity contribution in [3.05, 3.63) is 0 Å². The Morgan fingerprint density at radius 3 is 1.25 bits per heavy atom. The Morgan fingerprint density at radius 2 is 0.889 bits per heavy atom. The summed E-state index contributed by atoms with van der Waals surface area (Å²) in [5.74, 6) is 0.653.